The van der Waals surface area contributed by atoms with Crippen LogP contribution in [0, 0.1) is 5.21 Å². The predicted molar refractivity (Wildman–Crippen MR) is 23.4 cm³/mol. The van der Waals surface area contributed by atoms with Crippen molar-refractivity contribution in [1.29, 1.82) is 0 Å². The van der Waals surface area contributed by atoms with Gasteiger partial charge in [-0.3, -0.25) is 0 Å². The quantitative estimate of drug-likeness (QED) is 0.309. The number of hydroxylamine groups is 1. The average Bonchev–Trinajstić information content (AvgIpc) is 1.86. The molecule has 0 atom stereocenters. The fraction of sp³-hybridized carbons (Fsp3) is 0.250. The van der Waals surface area contributed by atoms with Gasteiger partial charge >= 0.3 is 0 Å². The Bertz CT molecular complexity index is 101. The molecule has 0 aromatic rings. The minimum Gasteiger partial charge on any atom is -0.619 e. The second-order valence-electron chi connectivity index (χ2n) is 1.16. The highest BCUT2D eigenvalue weighted by Gasteiger charge is 1.89. The van der Waals surface area contributed by atoms with Crippen LogP contribution in [0.15, 0.2) is 12.3 Å². The summed E-state index contributed by atoms with van der Waals surface area (Å²) in [5, 5.41) is 10.0. The average molecular weight is 83.1 g/mol. The van der Waals surface area contributed by atoms with Gasteiger partial charge in [0.05, 0.1) is 6.42 Å². The van der Waals surface area contributed by atoms with Crippen molar-refractivity contribution in [2.45, 2.75) is 6.42 Å². The number of hydrogen-bond acceptors (Lipinski definition) is 1. The summed E-state index contributed by atoms with van der Waals surface area (Å²) < 4.78 is 0.806. The van der Waals surface area contributed by atoms with E-state index < -0.39 is 0 Å². The summed E-state index contributed by atoms with van der Waals surface area (Å²) in [6.07, 6.45) is 5.68. The molecule has 0 radical (unpaired) electrons. The molecular formula is C4H5NO. The second kappa shape index (κ2) is 1.12. The highest BCUT2D eigenvalue weighted by atomic mass is 16.5. The summed E-state index contributed by atoms with van der Waals surface area (Å²) >= 11 is 0. The predicted octanol–water partition coefficient (Wildman–Crippen LogP) is 0.485. The van der Waals surface area contributed by atoms with E-state index in [1.807, 2.05) is 6.08 Å². The number of hydrogen-bond donors (Lipinski definition) is 0. The first-order chi connectivity index (χ1) is 2.89. The van der Waals surface area contributed by atoms with Gasteiger partial charge in [0.25, 0.3) is 0 Å². The molecule has 2 heteroatoms. The van der Waals surface area contributed by atoms with Crippen molar-refractivity contribution in [3.63, 3.8) is 0 Å². The summed E-state index contributed by atoms with van der Waals surface area (Å²) in [6.45, 7) is 0. The first kappa shape index (κ1) is 3.40. The van der Waals surface area contributed by atoms with E-state index in [-0.39, 0.29) is 0 Å². The zero-order chi connectivity index (χ0) is 4.41. The van der Waals surface area contributed by atoms with Crippen molar-refractivity contribution in [1.82, 2.24) is 0 Å². The van der Waals surface area contributed by atoms with Crippen LogP contribution in [0.2, 0.25) is 0 Å². The molecule has 0 N–H and O–H groups in total. The van der Waals surface area contributed by atoms with E-state index in [4.69, 9.17) is 0 Å². The summed E-state index contributed by atoms with van der Waals surface area (Å²) in [5.74, 6) is 0. The smallest absolute Gasteiger partial charge is 0.176 e. The maximum absolute atomic E-state index is 10.0. The van der Waals surface area contributed by atoms with E-state index in [1.54, 1.807) is 6.21 Å². The number of nitrogens with zero attached hydrogens (tertiary/aromatic N) is 1. The van der Waals surface area contributed by atoms with Gasteiger partial charge in [0.15, 0.2) is 12.4 Å². The fourth-order valence-corrected chi connectivity index (χ4v) is 0.390. The van der Waals surface area contributed by atoms with Gasteiger partial charge in [-0.15, -0.1) is 0 Å². The SMILES string of the molecule is [O-][N+]1=CCC=C1. The Kier molecular flexibility index (Phi) is 0.638. The minimum absolute atomic E-state index is 0.795. The van der Waals surface area contributed by atoms with Crippen LogP contribution in [0.4, 0.5) is 0 Å². The maximum Gasteiger partial charge on any atom is 0.176 e. The summed E-state index contributed by atoms with van der Waals surface area (Å²) in [4.78, 5) is 0. The first-order valence-corrected chi connectivity index (χ1v) is 1.85. The first-order valence-electron chi connectivity index (χ1n) is 1.85. The van der Waals surface area contributed by atoms with Gasteiger partial charge in [-0.1, -0.05) is 0 Å². The van der Waals surface area contributed by atoms with E-state index in [0.29, 0.717) is 0 Å². The van der Waals surface area contributed by atoms with Crippen LogP contribution in [-0.2, 0) is 0 Å². The van der Waals surface area contributed by atoms with Crippen molar-refractivity contribution < 1.29 is 4.74 Å². The van der Waals surface area contributed by atoms with Crippen molar-refractivity contribution >= 4 is 6.21 Å². The van der Waals surface area contributed by atoms with Crippen LogP contribution < -0.4 is 0 Å². The van der Waals surface area contributed by atoms with Crippen molar-refractivity contribution in [3.05, 3.63) is 17.5 Å². The molecule has 0 unspecified atom stereocenters. The van der Waals surface area contributed by atoms with Gasteiger partial charge in [-0.2, -0.15) is 4.74 Å². The van der Waals surface area contributed by atoms with E-state index >= 15 is 0 Å². The molecule has 1 aliphatic heterocycles. The molecule has 0 spiro atoms. The van der Waals surface area contributed by atoms with Crippen LogP contribution in [-0.4, -0.2) is 11.0 Å². The minimum atomic E-state index is 0.795. The third-order valence-electron chi connectivity index (χ3n) is 0.674. The Morgan fingerprint density at radius 3 is 2.67 bits per heavy atom. The summed E-state index contributed by atoms with van der Waals surface area (Å²) in [6, 6.07) is 0. The number of allylic oxidation sites excluding steroid dienone is 1. The standard InChI is InChI=1S/C4H5NO/c6-5-3-1-2-4-5/h1,3-4H,2H2. The molecule has 0 aliphatic carbocycles. The maximum atomic E-state index is 10.0. The van der Waals surface area contributed by atoms with Gasteiger partial charge in [0.2, 0.25) is 0 Å². The molecule has 32 valence electrons. The van der Waals surface area contributed by atoms with Gasteiger partial charge in [0.1, 0.15) is 0 Å². The Morgan fingerprint density at radius 2 is 2.50 bits per heavy atom. The molecule has 6 heavy (non-hydrogen) atoms. The normalized spacial score (nSPS) is 18.3. The van der Waals surface area contributed by atoms with Crippen LogP contribution in [0.25, 0.3) is 0 Å². The van der Waals surface area contributed by atoms with Crippen molar-refractivity contribution in [2.24, 2.45) is 0 Å². The highest BCUT2D eigenvalue weighted by Crippen LogP contribution is 1.86. The molecule has 0 aromatic carbocycles. The lowest BCUT2D eigenvalue weighted by Crippen LogP contribution is -1.84. The van der Waals surface area contributed by atoms with Gasteiger partial charge in [-0.05, 0) is 6.08 Å². The molecule has 2 nitrogen and oxygen atoms in total. The molecule has 1 aliphatic rings. The third kappa shape index (κ3) is 0.407. The van der Waals surface area contributed by atoms with E-state index in [9.17, 15) is 5.21 Å². The van der Waals surface area contributed by atoms with Crippen LogP contribution in [0.1, 0.15) is 6.42 Å². The zero-order valence-corrected chi connectivity index (χ0v) is 3.29. The Morgan fingerprint density at radius 1 is 1.67 bits per heavy atom. The molecule has 0 amide bonds. The van der Waals surface area contributed by atoms with Crippen LogP contribution >= 0.6 is 0 Å². The van der Waals surface area contributed by atoms with Crippen molar-refractivity contribution in [3.8, 4) is 0 Å². The topological polar surface area (TPSA) is 26.1 Å². The second-order valence-corrected chi connectivity index (χ2v) is 1.16. The van der Waals surface area contributed by atoms with Gasteiger partial charge in [-0.25, -0.2) is 0 Å². The molecule has 1 rings (SSSR count). The fourth-order valence-electron chi connectivity index (χ4n) is 0.390. The summed E-state index contributed by atoms with van der Waals surface area (Å²) in [7, 11) is 0. The monoisotopic (exact) mass is 83.0 g/mol. The van der Waals surface area contributed by atoms with Gasteiger partial charge in [0, 0.05) is 0 Å². The van der Waals surface area contributed by atoms with E-state index in [1.165, 1.54) is 6.20 Å². The van der Waals surface area contributed by atoms with E-state index in [2.05, 4.69) is 0 Å². The lowest BCUT2D eigenvalue weighted by Gasteiger charge is -1.84. The molecule has 0 saturated heterocycles. The molecule has 0 bridgehead atoms. The van der Waals surface area contributed by atoms with Crippen LogP contribution in [0.3, 0.4) is 0 Å². The molecule has 0 fully saturated rings. The molecular weight excluding hydrogens is 78.0 g/mol. The molecule has 1 heterocycles. The van der Waals surface area contributed by atoms with E-state index in [0.717, 1.165) is 11.2 Å². The highest BCUT2D eigenvalue weighted by molar-refractivity contribution is 5.55. The zero-order valence-electron chi connectivity index (χ0n) is 3.29. The van der Waals surface area contributed by atoms with Crippen LogP contribution in [0.5, 0.6) is 0 Å². The third-order valence-corrected chi connectivity index (χ3v) is 0.674. The Hall–Kier alpha value is -0.790. The number of rotatable bonds is 0. The lowest BCUT2D eigenvalue weighted by atomic mass is 10.5. The van der Waals surface area contributed by atoms with Gasteiger partial charge < -0.3 is 5.21 Å². The molecule has 0 aromatic heterocycles. The Labute approximate surface area is 36.0 Å². The molecule has 0 saturated carbocycles. The lowest BCUT2D eigenvalue weighted by molar-refractivity contribution is -0.369. The Balaban J connectivity index is 2.68. The summed E-state index contributed by atoms with van der Waals surface area (Å²) in [5.41, 5.74) is 0. The largest absolute Gasteiger partial charge is 0.619 e. The van der Waals surface area contributed by atoms with Crippen molar-refractivity contribution in [2.75, 3.05) is 0 Å².